The lowest BCUT2D eigenvalue weighted by Gasteiger charge is -2.41. The molecule has 122 valence electrons. The summed E-state index contributed by atoms with van der Waals surface area (Å²) in [6, 6.07) is 10.4. The topological polar surface area (TPSA) is 32.8 Å². The molecule has 4 nitrogen and oxygen atoms in total. The van der Waals surface area contributed by atoms with Crippen molar-refractivity contribution in [2.24, 2.45) is 0 Å². The Kier molecular flexibility index (Phi) is 5.46. The number of likely N-dealkylation sites (tertiary alicyclic amines) is 1. The first-order chi connectivity index (χ1) is 10.4. The van der Waals surface area contributed by atoms with Gasteiger partial charge in [-0.1, -0.05) is 30.3 Å². The second-order valence-corrected chi connectivity index (χ2v) is 7.02. The van der Waals surface area contributed by atoms with Gasteiger partial charge in [-0.3, -0.25) is 9.80 Å². The Hall–Kier alpha value is -1.55. The van der Waals surface area contributed by atoms with Crippen LogP contribution in [0.3, 0.4) is 0 Å². The maximum atomic E-state index is 12.3. The highest BCUT2D eigenvalue weighted by Crippen LogP contribution is 2.23. The van der Waals surface area contributed by atoms with E-state index in [1.807, 2.05) is 33.9 Å². The summed E-state index contributed by atoms with van der Waals surface area (Å²) < 4.78 is 5.51. The van der Waals surface area contributed by atoms with Gasteiger partial charge in [-0.2, -0.15) is 0 Å². The molecule has 0 saturated carbocycles. The number of rotatable bonds is 3. The Morgan fingerprint density at radius 1 is 1.27 bits per heavy atom. The molecule has 1 heterocycles. The number of carbonyl (C=O) groups is 1. The molecule has 1 amide bonds. The zero-order valence-electron chi connectivity index (χ0n) is 14.2. The Morgan fingerprint density at radius 3 is 2.59 bits per heavy atom. The fraction of sp³-hybridized carbons (Fsp3) is 0.611. The van der Waals surface area contributed by atoms with Crippen molar-refractivity contribution in [3.05, 3.63) is 35.9 Å². The first-order valence-corrected chi connectivity index (χ1v) is 8.10. The van der Waals surface area contributed by atoms with Crippen LogP contribution in [-0.2, 0) is 11.3 Å². The Labute approximate surface area is 134 Å². The number of amides is 1. The van der Waals surface area contributed by atoms with Crippen LogP contribution in [0.25, 0.3) is 0 Å². The van der Waals surface area contributed by atoms with Crippen molar-refractivity contribution >= 4 is 6.09 Å². The van der Waals surface area contributed by atoms with E-state index < -0.39 is 5.60 Å². The molecule has 22 heavy (non-hydrogen) atoms. The Bertz CT molecular complexity index is 482. The number of hydrogen-bond acceptors (Lipinski definition) is 3. The standard InChI is InChI=1S/C18H28N2O2/c1-18(2,3)22-17(21)19(4)16-12-8-9-13-20(16)14-15-10-6-5-7-11-15/h5-7,10-11,16H,8-9,12-14H2,1-4H3. The van der Waals surface area contributed by atoms with Gasteiger partial charge in [0.05, 0.1) is 6.17 Å². The molecular formula is C18H28N2O2. The van der Waals surface area contributed by atoms with E-state index in [2.05, 4.69) is 29.2 Å². The van der Waals surface area contributed by atoms with Crippen molar-refractivity contribution in [3.8, 4) is 0 Å². The summed E-state index contributed by atoms with van der Waals surface area (Å²) in [5.74, 6) is 0. The summed E-state index contributed by atoms with van der Waals surface area (Å²) >= 11 is 0. The van der Waals surface area contributed by atoms with Crippen LogP contribution in [-0.4, -0.2) is 41.3 Å². The van der Waals surface area contributed by atoms with Gasteiger partial charge in [0.2, 0.25) is 0 Å². The summed E-state index contributed by atoms with van der Waals surface area (Å²) in [4.78, 5) is 16.5. The SMILES string of the molecule is CN(C(=O)OC(C)(C)C)C1CCCCN1Cc1ccccc1. The molecule has 0 aliphatic carbocycles. The van der Waals surface area contributed by atoms with Gasteiger partial charge in [0.15, 0.2) is 0 Å². The fourth-order valence-corrected chi connectivity index (χ4v) is 2.87. The van der Waals surface area contributed by atoms with E-state index in [0.717, 1.165) is 25.9 Å². The highest BCUT2D eigenvalue weighted by molar-refractivity contribution is 5.68. The van der Waals surface area contributed by atoms with Crippen LogP contribution in [0.5, 0.6) is 0 Å². The zero-order valence-corrected chi connectivity index (χ0v) is 14.2. The van der Waals surface area contributed by atoms with Gasteiger partial charge < -0.3 is 4.74 Å². The molecule has 1 aromatic carbocycles. The smallest absolute Gasteiger partial charge is 0.411 e. The predicted octanol–water partition coefficient (Wildman–Crippen LogP) is 3.87. The van der Waals surface area contributed by atoms with Crippen LogP contribution in [0.15, 0.2) is 30.3 Å². The van der Waals surface area contributed by atoms with E-state index in [-0.39, 0.29) is 12.3 Å². The summed E-state index contributed by atoms with van der Waals surface area (Å²) in [5.41, 5.74) is 0.830. The van der Waals surface area contributed by atoms with Crippen LogP contribution in [0.2, 0.25) is 0 Å². The normalized spacial score (nSPS) is 19.7. The zero-order chi connectivity index (χ0) is 16.2. The molecule has 1 atom stereocenters. The molecular weight excluding hydrogens is 276 g/mol. The average molecular weight is 304 g/mol. The van der Waals surface area contributed by atoms with E-state index >= 15 is 0 Å². The van der Waals surface area contributed by atoms with Crippen molar-refractivity contribution in [1.82, 2.24) is 9.80 Å². The van der Waals surface area contributed by atoms with Gasteiger partial charge in [0.1, 0.15) is 5.60 Å². The third kappa shape index (κ3) is 4.73. The molecule has 1 unspecified atom stereocenters. The largest absolute Gasteiger partial charge is 0.444 e. The lowest BCUT2D eigenvalue weighted by molar-refractivity contribution is -0.0164. The number of ether oxygens (including phenoxy) is 1. The summed E-state index contributed by atoms with van der Waals surface area (Å²) in [7, 11) is 1.85. The third-order valence-electron chi connectivity index (χ3n) is 3.94. The predicted molar refractivity (Wildman–Crippen MR) is 88.5 cm³/mol. The van der Waals surface area contributed by atoms with Gasteiger partial charge in [-0.15, -0.1) is 0 Å². The molecule has 4 heteroatoms. The second-order valence-electron chi connectivity index (χ2n) is 7.02. The molecule has 0 bridgehead atoms. The maximum absolute atomic E-state index is 12.3. The maximum Gasteiger partial charge on any atom is 0.411 e. The molecule has 1 saturated heterocycles. The quantitative estimate of drug-likeness (QED) is 0.850. The molecule has 1 aliphatic heterocycles. The van der Waals surface area contributed by atoms with Gasteiger partial charge in [0, 0.05) is 20.1 Å². The van der Waals surface area contributed by atoms with Crippen molar-refractivity contribution in [3.63, 3.8) is 0 Å². The second kappa shape index (κ2) is 7.14. The number of carbonyl (C=O) groups excluding carboxylic acids is 1. The molecule has 1 aromatic rings. The first kappa shape index (κ1) is 16.8. The lowest BCUT2D eigenvalue weighted by Crippen LogP contribution is -2.52. The molecule has 0 radical (unpaired) electrons. The number of piperidine rings is 1. The van der Waals surface area contributed by atoms with E-state index in [0.29, 0.717) is 0 Å². The van der Waals surface area contributed by atoms with Crippen LogP contribution in [0.4, 0.5) is 4.79 Å². The first-order valence-electron chi connectivity index (χ1n) is 8.10. The number of hydrogen-bond donors (Lipinski definition) is 0. The highest BCUT2D eigenvalue weighted by Gasteiger charge is 2.31. The monoisotopic (exact) mass is 304 g/mol. The van der Waals surface area contributed by atoms with Crippen LogP contribution < -0.4 is 0 Å². The number of benzene rings is 1. The van der Waals surface area contributed by atoms with E-state index in [4.69, 9.17) is 4.74 Å². The van der Waals surface area contributed by atoms with Crippen molar-refractivity contribution < 1.29 is 9.53 Å². The minimum absolute atomic E-state index is 0.115. The minimum atomic E-state index is -0.454. The van der Waals surface area contributed by atoms with E-state index in [1.54, 1.807) is 4.90 Å². The van der Waals surface area contributed by atoms with E-state index in [9.17, 15) is 4.79 Å². The van der Waals surface area contributed by atoms with Gasteiger partial charge >= 0.3 is 6.09 Å². The van der Waals surface area contributed by atoms with Crippen LogP contribution in [0, 0.1) is 0 Å². The molecule has 2 rings (SSSR count). The molecule has 1 fully saturated rings. The third-order valence-corrected chi connectivity index (χ3v) is 3.94. The highest BCUT2D eigenvalue weighted by atomic mass is 16.6. The average Bonchev–Trinajstić information content (AvgIpc) is 2.46. The Morgan fingerprint density at radius 2 is 1.95 bits per heavy atom. The minimum Gasteiger partial charge on any atom is -0.444 e. The van der Waals surface area contributed by atoms with Gasteiger partial charge in [-0.05, 0) is 45.6 Å². The summed E-state index contributed by atoms with van der Waals surface area (Å²) in [6.07, 6.45) is 3.22. The van der Waals surface area contributed by atoms with Gasteiger partial charge in [-0.25, -0.2) is 4.79 Å². The van der Waals surface area contributed by atoms with Crippen LogP contribution in [0.1, 0.15) is 45.6 Å². The molecule has 0 spiro atoms. The lowest BCUT2D eigenvalue weighted by atomic mass is 10.1. The van der Waals surface area contributed by atoms with Crippen molar-refractivity contribution in [1.29, 1.82) is 0 Å². The van der Waals surface area contributed by atoms with Crippen molar-refractivity contribution in [2.45, 2.75) is 58.3 Å². The van der Waals surface area contributed by atoms with Gasteiger partial charge in [0.25, 0.3) is 0 Å². The van der Waals surface area contributed by atoms with Crippen LogP contribution >= 0.6 is 0 Å². The fourth-order valence-electron chi connectivity index (χ4n) is 2.87. The summed E-state index contributed by atoms with van der Waals surface area (Å²) in [5, 5.41) is 0. The molecule has 0 N–H and O–H groups in total. The molecule has 0 aromatic heterocycles. The van der Waals surface area contributed by atoms with Crippen molar-refractivity contribution in [2.75, 3.05) is 13.6 Å². The van der Waals surface area contributed by atoms with E-state index in [1.165, 1.54) is 12.0 Å². The Balaban J connectivity index is 2.04. The summed E-state index contributed by atoms with van der Waals surface area (Å²) in [6.45, 7) is 7.61. The number of nitrogens with zero attached hydrogens (tertiary/aromatic N) is 2. The molecule has 1 aliphatic rings.